The number of anilines is 4. The fourth-order valence-electron chi connectivity index (χ4n) is 2.78. The first-order valence-corrected chi connectivity index (χ1v) is 10.5. The number of hydrogen-bond acceptors (Lipinski definition) is 8. The van der Waals surface area contributed by atoms with E-state index in [4.69, 9.17) is 16.3 Å². The minimum atomic E-state index is 0.328. The molecule has 1 fully saturated rings. The molecule has 0 amide bonds. The second-order valence-corrected chi connectivity index (χ2v) is 7.73. The number of aromatic nitrogens is 3. The molecule has 1 saturated heterocycles. The first-order valence-electron chi connectivity index (χ1n) is 9.32. The van der Waals surface area contributed by atoms with Gasteiger partial charge in [0.15, 0.2) is 0 Å². The van der Waals surface area contributed by atoms with Gasteiger partial charge in [-0.3, -0.25) is 0 Å². The number of halogens is 2. The predicted molar refractivity (Wildman–Crippen MR) is 123 cm³/mol. The van der Waals surface area contributed by atoms with Crippen molar-refractivity contribution in [3.8, 4) is 0 Å². The highest BCUT2D eigenvalue weighted by molar-refractivity contribution is 9.10. The number of nitrogens with zero attached hydrogens (tertiary/aromatic N) is 5. The summed E-state index contributed by atoms with van der Waals surface area (Å²) in [6, 6.07) is 15.2. The van der Waals surface area contributed by atoms with Crippen molar-refractivity contribution in [3.63, 3.8) is 0 Å². The lowest BCUT2D eigenvalue weighted by Gasteiger charge is -2.27. The summed E-state index contributed by atoms with van der Waals surface area (Å²) in [5.74, 6) is 1.31. The van der Waals surface area contributed by atoms with Gasteiger partial charge in [0.2, 0.25) is 17.8 Å². The lowest BCUT2D eigenvalue weighted by atomic mass is 10.2. The highest BCUT2D eigenvalue weighted by Crippen LogP contribution is 2.20. The Labute approximate surface area is 187 Å². The Morgan fingerprint density at radius 1 is 1.00 bits per heavy atom. The van der Waals surface area contributed by atoms with Gasteiger partial charge in [-0.25, -0.2) is 5.43 Å². The van der Waals surface area contributed by atoms with Crippen molar-refractivity contribution >= 4 is 57.3 Å². The normalized spacial score (nSPS) is 14.1. The highest BCUT2D eigenvalue weighted by Gasteiger charge is 2.16. The number of nitrogens with one attached hydrogen (secondary N) is 2. The molecular weight excluding hydrogens is 470 g/mol. The van der Waals surface area contributed by atoms with E-state index in [1.807, 2.05) is 48.5 Å². The topological polar surface area (TPSA) is 87.6 Å². The summed E-state index contributed by atoms with van der Waals surface area (Å²) in [5.41, 5.74) is 4.54. The summed E-state index contributed by atoms with van der Waals surface area (Å²) in [4.78, 5) is 15.6. The van der Waals surface area contributed by atoms with Crippen molar-refractivity contribution < 1.29 is 4.74 Å². The summed E-state index contributed by atoms with van der Waals surface area (Å²) in [7, 11) is 0. The number of ether oxygens (including phenoxy) is 1. The molecule has 0 spiro atoms. The molecular formula is C20H19BrClN7O. The second kappa shape index (κ2) is 9.84. The minimum Gasteiger partial charge on any atom is -0.378 e. The van der Waals surface area contributed by atoms with E-state index in [-0.39, 0.29) is 0 Å². The molecule has 1 aromatic heterocycles. The second-order valence-electron chi connectivity index (χ2n) is 6.41. The monoisotopic (exact) mass is 487 g/mol. The summed E-state index contributed by atoms with van der Waals surface area (Å²) in [6.07, 6.45) is 1.63. The zero-order valence-electron chi connectivity index (χ0n) is 15.9. The van der Waals surface area contributed by atoms with Gasteiger partial charge in [0.25, 0.3) is 0 Å². The quantitative estimate of drug-likeness (QED) is 0.395. The molecule has 154 valence electrons. The molecule has 10 heteroatoms. The lowest BCUT2D eigenvalue weighted by Crippen LogP contribution is -2.37. The van der Waals surface area contributed by atoms with Gasteiger partial charge < -0.3 is 15.0 Å². The summed E-state index contributed by atoms with van der Waals surface area (Å²) < 4.78 is 6.42. The van der Waals surface area contributed by atoms with Crippen LogP contribution in [0.3, 0.4) is 0 Å². The van der Waals surface area contributed by atoms with Crippen molar-refractivity contribution in [3.05, 3.63) is 63.6 Å². The predicted octanol–water partition coefficient (Wildman–Crippen LogP) is 4.31. The summed E-state index contributed by atoms with van der Waals surface area (Å²) >= 11 is 9.60. The molecule has 2 heterocycles. The number of morpholine rings is 1. The third-order valence-corrected chi connectivity index (χ3v) is 5.16. The van der Waals surface area contributed by atoms with E-state index < -0.39 is 0 Å². The smallest absolute Gasteiger partial charge is 0.250 e. The van der Waals surface area contributed by atoms with E-state index in [1.165, 1.54) is 0 Å². The van der Waals surface area contributed by atoms with E-state index in [0.29, 0.717) is 49.2 Å². The molecule has 0 aliphatic carbocycles. The number of hydrazone groups is 1. The van der Waals surface area contributed by atoms with Crippen molar-refractivity contribution in [2.24, 2.45) is 5.10 Å². The van der Waals surface area contributed by atoms with Gasteiger partial charge in [0, 0.05) is 33.8 Å². The summed E-state index contributed by atoms with van der Waals surface area (Å²) in [6.45, 7) is 2.69. The van der Waals surface area contributed by atoms with Crippen LogP contribution in [0.25, 0.3) is 0 Å². The van der Waals surface area contributed by atoms with Gasteiger partial charge in [-0.15, -0.1) is 0 Å². The van der Waals surface area contributed by atoms with Crippen molar-refractivity contribution in [2.75, 3.05) is 41.9 Å². The fraction of sp³-hybridized carbons (Fsp3) is 0.200. The van der Waals surface area contributed by atoms with Crippen LogP contribution in [0.15, 0.2) is 58.1 Å². The Hall–Kier alpha value is -2.75. The maximum absolute atomic E-state index is 6.17. The maximum Gasteiger partial charge on any atom is 0.250 e. The molecule has 1 aliphatic heterocycles. The highest BCUT2D eigenvalue weighted by atomic mass is 79.9. The van der Waals surface area contributed by atoms with Crippen molar-refractivity contribution in [1.82, 2.24) is 15.0 Å². The first kappa shape index (κ1) is 20.5. The van der Waals surface area contributed by atoms with E-state index in [9.17, 15) is 0 Å². The molecule has 1 aliphatic rings. The van der Waals surface area contributed by atoms with Gasteiger partial charge in [-0.05, 0) is 30.3 Å². The fourth-order valence-corrected chi connectivity index (χ4v) is 3.23. The standard InChI is InChI=1S/C20H19BrClN7O/c21-15-5-7-16(8-6-15)24-18-25-19(27-20(26-18)29-9-11-30-12-10-29)28-23-13-14-3-1-2-4-17(14)22/h1-8,13H,9-12H2,(H2,24,25,26,27,28)/b23-13-. The van der Waals surface area contributed by atoms with E-state index in [0.717, 1.165) is 15.7 Å². The number of rotatable bonds is 6. The molecule has 0 saturated carbocycles. The van der Waals surface area contributed by atoms with Crippen LogP contribution in [0.5, 0.6) is 0 Å². The Bertz CT molecular complexity index is 1030. The number of hydrogen-bond donors (Lipinski definition) is 2. The molecule has 0 unspecified atom stereocenters. The Morgan fingerprint density at radius 2 is 1.73 bits per heavy atom. The van der Waals surface area contributed by atoms with Crippen LogP contribution < -0.4 is 15.6 Å². The molecule has 0 bridgehead atoms. The van der Waals surface area contributed by atoms with Crippen LogP contribution in [-0.2, 0) is 4.74 Å². The van der Waals surface area contributed by atoms with Gasteiger partial charge in [0.1, 0.15) is 0 Å². The van der Waals surface area contributed by atoms with Crippen LogP contribution in [0.1, 0.15) is 5.56 Å². The van der Waals surface area contributed by atoms with Gasteiger partial charge in [0.05, 0.1) is 19.4 Å². The minimum absolute atomic E-state index is 0.328. The van der Waals surface area contributed by atoms with E-state index in [2.05, 4.69) is 51.6 Å². The van der Waals surface area contributed by atoms with Crippen LogP contribution in [0.4, 0.5) is 23.5 Å². The van der Waals surface area contributed by atoms with Crippen LogP contribution in [-0.4, -0.2) is 47.5 Å². The largest absolute Gasteiger partial charge is 0.378 e. The third kappa shape index (κ3) is 5.44. The molecule has 0 radical (unpaired) electrons. The molecule has 4 rings (SSSR count). The average molecular weight is 489 g/mol. The molecule has 2 N–H and O–H groups in total. The first-order chi connectivity index (χ1) is 14.7. The Kier molecular flexibility index (Phi) is 6.73. The van der Waals surface area contributed by atoms with Crippen LogP contribution in [0, 0.1) is 0 Å². The zero-order valence-corrected chi connectivity index (χ0v) is 18.3. The van der Waals surface area contributed by atoms with Crippen LogP contribution >= 0.6 is 27.5 Å². The van der Waals surface area contributed by atoms with E-state index >= 15 is 0 Å². The molecule has 30 heavy (non-hydrogen) atoms. The SMILES string of the molecule is Clc1ccccc1/C=N\Nc1nc(Nc2ccc(Br)cc2)nc(N2CCOCC2)n1. The average Bonchev–Trinajstić information content (AvgIpc) is 2.77. The lowest BCUT2D eigenvalue weighted by molar-refractivity contribution is 0.122. The Balaban J connectivity index is 1.57. The van der Waals surface area contributed by atoms with Crippen molar-refractivity contribution in [1.29, 1.82) is 0 Å². The number of benzene rings is 2. The molecule has 8 nitrogen and oxygen atoms in total. The summed E-state index contributed by atoms with van der Waals surface area (Å²) in [5, 5.41) is 8.06. The van der Waals surface area contributed by atoms with Gasteiger partial charge >= 0.3 is 0 Å². The third-order valence-electron chi connectivity index (χ3n) is 4.29. The van der Waals surface area contributed by atoms with Gasteiger partial charge in [-0.2, -0.15) is 20.1 Å². The van der Waals surface area contributed by atoms with Gasteiger partial charge in [-0.1, -0.05) is 45.7 Å². The van der Waals surface area contributed by atoms with E-state index in [1.54, 1.807) is 6.21 Å². The zero-order chi connectivity index (χ0) is 20.8. The molecule has 2 aromatic carbocycles. The molecule has 0 atom stereocenters. The van der Waals surface area contributed by atoms with Crippen LogP contribution in [0.2, 0.25) is 5.02 Å². The Morgan fingerprint density at radius 3 is 2.50 bits per heavy atom. The molecule has 3 aromatic rings. The van der Waals surface area contributed by atoms with Crippen molar-refractivity contribution in [2.45, 2.75) is 0 Å². The maximum atomic E-state index is 6.17.